The van der Waals surface area contributed by atoms with E-state index in [1.807, 2.05) is 39.6 Å². The first-order valence-electron chi connectivity index (χ1n) is 4.04. The standard InChI is InChI=1S/C8H19N3O/c1-6(7(12)10-9)11(5)8(2,3)4/h6H,9H2,1-5H3,(H,10,12). The Hall–Kier alpha value is -0.610. The molecule has 0 aliphatic carbocycles. The number of hydrogen-bond acceptors (Lipinski definition) is 3. The molecule has 0 aromatic carbocycles. The van der Waals surface area contributed by atoms with Crippen LogP contribution < -0.4 is 11.3 Å². The van der Waals surface area contributed by atoms with Crippen molar-refractivity contribution in [3.63, 3.8) is 0 Å². The first-order valence-corrected chi connectivity index (χ1v) is 4.04. The summed E-state index contributed by atoms with van der Waals surface area (Å²) in [6, 6.07) is -0.199. The van der Waals surface area contributed by atoms with Gasteiger partial charge in [-0.2, -0.15) is 0 Å². The van der Waals surface area contributed by atoms with Crippen LogP contribution in [0.25, 0.3) is 0 Å². The fourth-order valence-electron chi connectivity index (χ4n) is 0.877. The van der Waals surface area contributed by atoms with Gasteiger partial charge in [-0.25, -0.2) is 5.84 Å². The van der Waals surface area contributed by atoms with Gasteiger partial charge in [-0.15, -0.1) is 0 Å². The Kier molecular flexibility index (Phi) is 3.67. The van der Waals surface area contributed by atoms with Gasteiger partial charge >= 0.3 is 0 Å². The van der Waals surface area contributed by atoms with E-state index in [1.165, 1.54) is 0 Å². The number of carbonyl (C=O) groups is 1. The monoisotopic (exact) mass is 173 g/mol. The summed E-state index contributed by atoms with van der Waals surface area (Å²) < 4.78 is 0. The van der Waals surface area contributed by atoms with Gasteiger partial charge in [0, 0.05) is 5.54 Å². The molecule has 1 amide bonds. The Balaban J connectivity index is 4.29. The van der Waals surface area contributed by atoms with Gasteiger partial charge in [-0.1, -0.05) is 0 Å². The molecule has 72 valence electrons. The molecule has 0 aromatic rings. The van der Waals surface area contributed by atoms with Crippen molar-refractivity contribution in [2.45, 2.75) is 39.3 Å². The van der Waals surface area contributed by atoms with Crippen LogP contribution in [-0.4, -0.2) is 29.4 Å². The van der Waals surface area contributed by atoms with Crippen molar-refractivity contribution in [2.75, 3.05) is 7.05 Å². The summed E-state index contributed by atoms with van der Waals surface area (Å²) in [6.07, 6.45) is 0. The summed E-state index contributed by atoms with van der Waals surface area (Å²) >= 11 is 0. The largest absolute Gasteiger partial charge is 0.293 e. The zero-order chi connectivity index (χ0) is 9.94. The lowest BCUT2D eigenvalue weighted by Gasteiger charge is -2.35. The molecular formula is C8H19N3O. The number of nitrogens with zero attached hydrogens (tertiary/aromatic N) is 1. The zero-order valence-corrected chi connectivity index (χ0v) is 8.51. The molecule has 12 heavy (non-hydrogen) atoms. The summed E-state index contributed by atoms with van der Waals surface area (Å²) in [7, 11) is 1.90. The SMILES string of the molecule is CC(C(=O)NN)N(C)C(C)(C)C. The lowest BCUT2D eigenvalue weighted by Crippen LogP contribution is -2.52. The Morgan fingerprint density at radius 2 is 1.92 bits per heavy atom. The quantitative estimate of drug-likeness (QED) is 0.353. The number of rotatable bonds is 2. The maximum absolute atomic E-state index is 11.1. The van der Waals surface area contributed by atoms with Crippen molar-refractivity contribution in [1.82, 2.24) is 10.3 Å². The molecule has 0 aliphatic heterocycles. The van der Waals surface area contributed by atoms with Gasteiger partial charge in [-0.05, 0) is 34.7 Å². The third-order valence-electron chi connectivity index (χ3n) is 2.16. The minimum Gasteiger partial charge on any atom is -0.293 e. The van der Waals surface area contributed by atoms with Crippen LogP contribution in [0.2, 0.25) is 0 Å². The van der Waals surface area contributed by atoms with Crippen LogP contribution >= 0.6 is 0 Å². The van der Waals surface area contributed by atoms with E-state index in [0.29, 0.717) is 0 Å². The van der Waals surface area contributed by atoms with Crippen LogP contribution in [-0.2, 0) is 4.79 Å². The van der Waals surface area contributed by atoms with Crippen LogP contribution in [0.3, 0.4) is 0 Å². The van der Waals surface area contributed by atoms with Gasteiger partial charge < -0.3 is 0 Å². The number of likely N-dealkylation sites (N-methyl/N-ethyl adjacent to an activating group) is 1. The minimum atomic E-state index is -0.199. The molecule has 3 N–H and O–H groups in total. The van der Waals surface area contributed by atoms with Crippen LogP contribution in [0.15, 0.2) is 0 Å². The van der Waals surface area contributed by atoms with Crippen molar-refractivity contribution in [2.24, 2.45) is 5.84 Å². The van der Waals surface area contributed by atoms with Gasteiger partial charge in [-0.3, -0.25) is 15.1 Å². The van der Waals surface area contributed by atoms with E-state index in [9.17, 15) is 4.79 Å². The fourth-order valence-corrected chi connectivity index (χ4v) is 0.877. The number of carbonyl (C=O) groups excluding carboxylic acids is 1. The van der Waals surface area contributed by atoms with E-state index in [1.54, 1.807) is 0 Å². The highest BCUT2D eigenvalue weighted by molar-refractivity contribution is 5.80. The Labute approximate surface area is 74.1 Å². The number of hydrogen-bond donors (Lipinski definition) is 2. The summed E-state index contributed by atoms with van der Waals surface area (Å²) in [6.45, 7) is 7.97. The van der Waals surface area contributed by atoms with E-state index in [4.69, 9.17) is 5.84 Å². The summed E-state index contributed by atoms with van der Waals surface area (Å²) in [4.78, 5) is 13.1. The van der Waals surface area contributed by atoms with Crippen LogP contribution in [0.1, 0.15) is 27.7 Å². The first-order chi connectivity index (χ1) is 5.30. The molecule has 0 bridgehead atoms. The molecule has 0 rings (SSSR count). The Bertz CT molecular complexity index is 162. The molecule has 0 fully saturated rings. The van der Waals surface area contributed by atoms with Gasteiger partial charge in [0.2, 0.25) is 0 Å². The summed E-state index contributed by atoms with van der Waals surface area (Å²) in [5, 5.41) is 0. The second kappa shape index (κ2) is 3.87. The Morgan fingerprint density at radius 3 is 2.17 bits per heavy atom. The number of nitrogens with two attached hydrogens (primary N) is 1. The maximum atomic E-state index is 11.1. The molecule has 0 spiro atoms. The first kappa shape index (κ1) is 11.4. The molecule has 0 radical (unpaired) electrons. The summed E-state index contributed by atoms with van der Waals surface area (Å²) in [5.74, 6) is 4.87. The van der Waals surface area contributed by atoms with Crippen molar-refractivity contribution >= 4 is 5.91 Å². The minimum absolute atomic E-state index is 0.0219. The fraction of sp³-hybridized carbons (Fsp3) is 0.875. The highest BCUT2D eigenvalue weighted by atomic mass is 16.2. The third-order valence-corrected chi connectivity index (χ3v) is 2.16. The smallest absolute Gasteiger partial charge is 0.250 e. The Morgan fingerprint density at radius 1 is 1.50 bits per heavy atom. The van der Waals surface area contributed by atoms with E-state index >= 15 is 0 Å². The molecule has 1 atom stereocenters. The lowest BCUT2D eigenvalue weighted by molar-refractivity contribution is -0.127. The van der Waals surface area contributed by atoms with Gasteiger partial charge in [0.05, 0.1) is 6.04 Å². The molecule has 0 heterocycles. The molecule has 0 aliphatic rings. The maximum Gasteiger partial charge on any atom is 0.250 e. The molecule has 0 saturated heterocycles. The lowest BCUT2D eigenvalue weighted by atomic mass is 10.0. The second-order valence-corrected chi connectivity index (χ2v) is 3.97. The molecule has 0 aromatic heterocycles. The van der Waals surface area contributed by atoms with Crippen LogP contribution in [0.5, 0.6) is 0 Å². The average Bonchev–Trinajstić information content (AvgIpc) is 1.98. The van der Waals surface area contributed by atoms with Crippen LogP contribution in [0.4, 0.5) is 0 Å². The zero-order valence-electron chi connectivity index (χ0n) is 8.51. The van der Waals surface area contributed by atoms with Crippen LogP contribution in [0, 0.1) is 0 Å². The second-order valence-electron chi connectivity index (χ2n) is 3.97. The molecule has 4 nitrogen and oxygen atoms in total. The predicted octanol–water partition coefficient (Wildman–Crippen LogP) is 0.0951. The van der Waals surface area contributed by atoms with Gasteiger partial charge in [0.15, 0.2) is 0 Å². The average molecular weight is 173 g/mol. The van der Waals surface area contributed by atoms with Crippen molar-refractivity contribution in [3.05, 3.63) is 0 Å². The van der Waals surface area contributed by atoms with Gasteiger partial charge in [0.25, 0.3) is 5.91 Å². The van der Waals surface area contributed by atoms with Gasteiger partial charge in [0.1, 0.15) is 0 Å². The number of amides is 1. The summed E-state index contributed by atoms with van der Waals surface area (Å²) in [5.41, 5.74) is 2.12. The number of nitrogens with one attached hydrogen (secondary N) is 1. The third kappa shape index (κ3) is 2.79. The normalized spacial score (nSPS) is 14.6. The van der Waals surface area contributed by atoms with Crippen molar-refractivity contribution < 1.29 is 4.79 Å². The number of hydrazine groups is 1. The van der Waals surface area contributed by atoms with E-state index < -0.39 is 0 Å². The van der Waals surface area contributed by atoms with E-state index in [0.717, 1.165) is 0 Å². The van der Waals surface area contributed by atoms with E-state index in [-0.39, 0.29) is 17.5 Å². The predicted molar refractivity (Wildman–Crippen MR) is 49.3 cm³/mol. The molecule has 0 saturated carbocycles. The van der Waals surface area contributed by atoms with Crippen molar-refractivity contribution in [1.29, 1.82) is 0 Å². The topological polar surface area (TPSA) is 58.4 Å². The molecule has 1 unspecified atom stereocenters. The molecular weight excluding hydrogens is 154 g/mol. The molecule has 4 heteroatoms. The highest BCUT2D eigenvalue weighted by Gasteiger charge is 2.26. The highest BCUT2D eigenvalue weighted by Crippen LogP contribution is 2.13. The van der Waals surface area contributed by atoms with E-state index in [2.05, 4.69) is 5.43 Å². The van der Waals surface area contributed by atoms with Crippen molar-refractivity contribution in [3.8, 4) is 0 Å².